The van der Waals surface area contributed by atoms with Crippen LogP contribution in [0.3, 0.4) is 0 Å². The van der Waals surface area contributed by atoms with Gasteiger partial charge in [-0.1, -0.05) is 31.4 Å². The molecule has 2 rings (SSSR count). The Hall–Kier alpha value is -1.53. The molecular weight excluding hydrogens is 236 g/mol. The van der Waals surface area contributed by atoms with Crippen LogP contribution in [0.4, 0.5) is 0 Å². The lowest BCUT2D eigenvalue weighted by molar-refractivity contribution is 0.164. The largest absolute Gasteiger partial charge is 0.497 e. The van der Waals surface area contributed by atoms with E-state index in [1.165, 1.54) is 32.1 Å². The molecule has 1 fully saturated rings. The Bertz CT molecular complexity index is 429. The molecule has 0 aliphatic heterocycles. The number of nitriles is 1. The van der Waals surface area contributed by atoms with Gasteiger partial charge in [0.25, 0.3) is 0 Å². The van der Waals surface area contributed by atoms with Gasteiger partial charge in [-0.05, 0) is 37.6 Å². The molecule has 0 bridgehead atoms. The van der Waals surface area contributed by atoms with Gasteiger partial charge < -0.3 is 4.74 Å². The summed E-state index contributed by atoms with van der Waals surface area (Å²) in [5.41, 5.74) is 1.05. The quantitative estimate of drug-likeness (QED) is 0.829. The number of hydrogen-bond donors (Lipinski definition) is 0. The van der Waals surface area contributed by atoms with Gasteiger partial charge in [-0.3, -0.25) is 4.90 Å². The molecule has 0 spiro atoms. The summed E-state index contributed by atoms with van der Waals surface area (Å²) < 4.78 is 5.16. The molecule has 1 aromatic carbocycles. The molecule has 0 heterocycles. The van der Waals surface area contributed by atoms with E-state index in [1.54, 1.807) is 7.11 Å². The highest BCUT2D eigenvalue weighted by atomic mass is 16.5. The molecule has 19 heavy (non-hydrogen) atoms. The number of nitrogens with zero attached hydrogens (tertiary/aromatic N) is 2. The summed E-state index contributed by atoms with van der Waals surface area (Å²) >= 11 is 0. The van der Waals surface area contributed by atoms with E-state index in [9.17, 15) is 5.26 Å². The summed E-state index contributed by atoms with van der Waals surface area (Å²) in [4.78, 5) is 2.24. The SMILES string of the molecule is COc1ccc(C(C#N)N(C)C2CCCCC2)cc1. The second-order valence-corrected chi connectivity index (χ2v) is 5.26. The molecule has 0 aromatic heterocycles. The van der Waals surface area contributed by atoms with E-state index in [4.69, 9.17) is 4.74 Å². The summed E-state index contributed by atoms with van der Waals surface area (Å²) in [6.45, 7) is 0. The van der Waals surface area contributed by atoms with E-state index >= 15 is 0 Å². The Kier molecular flexibility index (Phi) is 4.81. The normalized spacial score (nSPS) is 18.0. The Balaban J connectivity index is 2.11. The lowest BCUT2D eigenvalue weighted by Gasteiger charge is -2.34. The van der Waals surface area contributed by atoms with E-state index < -0.39 is 0 Å². The summed E-state index contributed by atoms with van der Waals surface area (Å²) in [6.07, 6.45) is 6.34. The zero-order valence-corrected chi connectivity index (χ0v) is 11.8. The fourth-order valence-corrected chi connectivity index (χ4v) is 2.89. The predicted octanol–water partition coefficient (Wildman–Crippen LogP) is 3.52. The molecule has 0 amide bonds. The van der Waals surface area contributed by atoms with Crippen LogP contribution in [0.15, 0.2) is 24.3 Å². The zero-order valence-electron chi connectivity index (χ0n) is 11.8. The standard InChI is InChI=1S/C16H22N2O/c1-18(14-6-4-3-5-7-14)16(12-17)13-8-10-15(19-2)11-9-13/h8-11,14,16H,3-7H2,1-2H3. The highest BCUT2D eigenvalue weighted by Crippen LogP contribution is 2.29. The van der Waals surface area contributed by atoms with Crippen molar-refractivity contribution in [3.8, 4) is 11.8 Å². The van der Waals surface area contributed by atoms with E-state index in [0.29, 0.717) is 6.04 Å². The first-order valence-electron chi connectivity index (χ1n) is 7.01. The van der Waals surface area contributed by atoms with Crippen LogP contribution in [0.2, 0.25) is 0 Å². The predicted molar refractivity (Wildman–Crippen MR) is 76.0 cm³/mol. The minimum atomic E-state index is -0.158. The summed E-state index contributed by atoms with van der Waals surface area (Å²) in [5, 5.41) is 9.48. The lowest BCUT2D eigenvalue weighted by atomic mass is 9.92. The van der Waals surface area contributed by atoms with Crippen LogP contribution in [0.1, 0.15) is 43.7 Å². The maximum atomic E-state index is 9.48. The second kappa shape index (κ2) is 6.58. The van der Waals surface area contributed by atoms with Gasteiger partial charge in [0.2, 0.25) is 0 Å². The van der Waals surface area contributed by atoms with Gasteiger partial charge in [-0.25, -0.2) is 0 Å². The smallest absolute Gasteiger partial charge is 0.123 e. The molecule has 3 heteroatoms. The van der Waals surface area contributed by atoms with Crippen LogP contribution in [0.5, 0.6) is 5.75 Å². The minimum Gasteiger partial charge on any atom is -0.497 e. The first-order chi connectivity index (χ1) is 9.26. The minimum absolute atomic E-state index is 0.158. The first kappa shape index (κ1) is 13.9. The van der Waals surface area contributed by atoms with Gasteiger partial charge in [0.15, 0.2) is 0 Å². The van der Waals surface area contributed by atoms with Crippen molar-refractivity contribution in [2.45, 2.75) is 44.2 Å². The van der Waals surface area contributed by atoms with Gasteiger partial charge in [0.05, 0.1) is 13.2 Å². The maximum Gasteiger partial charge on any atom is 0.123 e. The highest BCUT2D eigenvalue weighted by molar-refractivity contribution is 5.31. The van der Waals surface area contributed by atoms with Crippen molar-refractivity contribution in [2.24, 2.45) is 0 Å². The topological polar surface area (TPSA) is 36.3 Å². The summed E-state index contributed by atoms with van der Waals surface area (Å²) in [7, 11) is 3.74. The van der Waals surface area contributed by atoms with Crippen molar-refractivity contribution >= 4 is 0 Å². The zero-order chi connectivity index (χ0) is 13.7. The highest BCUT2D eigenvalue weighted by Gasteiger charge is 2.25. The summed E-state index contributed by atoms with van der Waals surface area (Å²) in [6, 6.07) is 10.7. The Morgan fingerprint density at radius 2 is 1.84 bits per heavy atom. The summed E-state index contributed by atoms with van der Waals surface area (Å²) in [5.74, 6) is 0.834. The number of hydrogen-bond acceptors (Lipinski definition) is 3. The molecule has 0 saturated heterocycles. The molecule has 1 aromatic rings. The van der Waals surface area contributed by atoms with Gasteiger partial charge in [0.1, 0.15) is 11.8 Å². The Labute approximate surface area is 115 Å². The van der Waals surface area contributed by atoms with Crippen LogP contribution in [0.25, 0.3) is 0 Å². The van der Waals surface area contributed by atoms with Crippen LogP contribution < -0.4 is 4.74 Å². The molecular formula is C16H22N2O. The van der Waals surface area contributed by atoms with Crippen molar-refractivity contribution in [1.82, 2.24) is 4.90 Å². The molecule has 102 valence electrons. The number of ether oxygens (including phenoxy) is 1. The van der Waals surface area contributed by atoms with Crippen molar-refractivity contribution in [3.63, 3.8) is 0 Å². The molecule has 0 N–H and O–H groups in total. The van der Waals surface area contributed by atoms with Crippen molar-refractivity contribution in [1.29, 1.82) is 5.26 Å². The monoisotopic (exact) mass is 258 g/mol. The first-order valence-corrected chi connectivity index (χ1v) is 7.01. The van der Waals surface area contributed by atoms with E-state index in [1.807, 2.05) is 24.3 Å². The molecule has 1 unspecified atom stereocenters. The number of rotatable bonds is 4. The van der Waals surface area contributed by atoms with Crippen molar-refractivity contribution < 1.29 is 4.74 Å². The fraction of sp³-hybridized carbons (Fsp3) is 0.562. The third-order valence-corrected chi connectivity index (χ3v) is 4.11. The Morgan fingerprint density at radius 3 is 2.37 bits per heavy atom. The molecule has 1 saturated carbocycles. The molecule has 3 nitrogen and oxygen atoms in total. The van der Waals surface area contributed by atoms with Crippen LogP contribution >= 0.6 is 0 Å². The number of benzene rings is 1. The third-order valence-electron chi connectivity index (χ3n) is 4.11. The maximum absolute atomic E-state index is 9.48. The van der Waals surface area contributed by atoms with Crippen LogP contribution in [0, 0.1) is 11.3 Å². The van der Waals surface area contributed by atoms with Gasteiger partial charge in [-0.2, -0.15) is 5.26 Å². The van der Waals surface area contributed by atoms with Crippen molar-refractivity contribution in [3.05, 3.63) is 29.8 Å². The van der Waals surface area contributed by atoms with Gasteiger partial charge in [0, 0.05) is 6.04 Å². The van der Waals surface area contributed by atoms with Crippen LogP contribution in [-0.4, -0.2) is 25.1 Å². The molecule has 1 aliphatic rings. The van der Waals surface area contributed by atoms with Crippen LogP contribution in [-0.2, 0) is 0 Å². The second-order valence-electron chi connectivity index (χ2n) is 5.26. The molecule has 1 atom stereocenters. The van der Waals surface area contributed by atoms with E-state index in [-0.39, 0.29) is 6.04 Å². The van der Waals surface area contributed by atoms with Crippen molar-refractivity contribution in [2.75, 3.05) is 14.2 Å². The molecule has 1 aliphatic carbocycles. The van der Waals surface area contributed by atoms with E-state index in [0.717, 1.165) is 11.3 Å². The average molecular weight is 258 g/mol. The fourth-order valence-electron chi connectivity index (χ4n) is 2.89. The van der Waals surface area contributed by atoms with Gasteiger partial charge in [-0.15, -0.1) is 0 Å². The van der Waals surface area contributed by atoms with E-state index in [2.05, 4.69) is 18.0 Å². The van der Waals surface area contributed by atoms with Gasteiger partial charge >= 0.3 is 0 Å². The average Bonchev–Trinajstić information content (AvgIpc) is 2.49. The lowest BCUT2D eigenvalue weighted by Crippen LogP contribution is -2.36. The molecule has 0 radical (unpaired) electrons. The number of methoxy groups -OCH3 is 1. The third kappa shape index (κ3) is 3.27. The Morgan fingerprint density at radius 1 is 1.21 bits per heavy atom.